The van der Waals surface area contributed by atoms with Gasteiger partial charge in [0, 0.05) is 24.2 Å². The first-order chi connectivity index (χ1) is 10.3. The molecule has 4 nitrogen and oxygen atoms in total. The molecule has 1 aromatic heterocycles. The molecule has 0 saturated heterocycles. The third-order valence-electron chi connectivity index (χ3n) is 3.78. The summed E-state index contributed by atoms with van der Waals surface area (Å²) < 4.78 is 14.3. The molecule has 0 fully saturated rings. The number of aromatic nitrogens is 1. The van der Waals surface area contributed by atoms with E-state index in [1.54, 1.807) is 35.7 Å². The lowest BCUT2D eigenvalue weighted by Gasteiger charge is -2.29. The monoisotopic (exact) mass is 285 g/mol. The maximum atomic E-state index is 14.3. The average Bonchev–Trinajstić information content (AvgIpc) is 2.94. The largest absolute Gasteiger partial charge is 0.394 e. The van der Waals surface area contributed by atoms with Gasteiger partial charge in [-0.15, -0.1) is 0 Å². The summed E-state index contributed by atoms with van der Waals surface area (Å²) in [6.07, 6.45) is 5.15. The van der Waals surface area contributed by atoms with Crippen molar-refractivity contribution >= 4 is 6.21 Å². The summed E-state index contributed by atoms with van der Waals surface area (Å²) in [5.74, 6) is -0.258. The standard InChI is InChI=1S/C16H16FN3O/c17-15-4-2-1-3-14(15)16(13-5-7-18-8-6-13)11-19-20(12-16)9-10-21/h1-8,11,21H,9-10,12H2. The molecule has 2 heterocycles. The van der Waals surface area contributed by atoms with Crippen LogP contribution in [0.15, 0.2) is 53.9 Å². The summed E-state index contributed by atoms with van der Waals surface area (Å²) in [5, 5.41) is 15.2. The number of benzene rings is 1. The van der Waals surface area contributed by atoms with Gasteiger partial charge in [-0.1, -0.05) is 18.2 Å². The fourth-order valence-electron chi connectivity index (χ4n) is 2.75. The molecule has 1 atom stereocenters. The highest BCUT2D eigenvalue weighted by Gasteiger charge is 2.40. The average molecular weight is 285 g/mol. The van der Waals surface area contributed by atoms with Crippen molar-refractivity contribution in [2.75, 3.05) is 19.7 Å². The van der Waals surface area contributed by atoms with Crippen molar-refractivity contribution in [3.63, 3.8) is 0 Å². The van der Waals surface area contributed by atoms with Crippen molar-refractivity contribution in [3.05, 3.63) is 65.7 Å². The summed E-state index contributed by atoms with van der Waals surface area (Å²) in [6.45, 7) is 0.942. The minimum Gasteiger partial charge on any atom is -0.394 e. The van der Waals surface area contributed by atoms with Crippen molar-refractivity contribution < 1.29 is 9.50 Å². The highest BCUT2D eigenvalue weighted by Crippen LogP contribution is 2.36. The lowest BCUT2D eigenvalue weighted by atomic mass is 9.76. The van der Waals surface area contributed by atoms with E-state index in [1.165, 1.54) is 6.07 Å². The molecule has 0 radical (unpaired) electrons. The topological polar surface area (TPSA) is 48.7 Å². The molecule has 0 saturated carbocycles. The van der Waals surface area contributed by atoms with Crippen LogP contribution in [0, 0.1) is 5.82 Å². The van der Waals surface area contributed by atoms with Crippen LogP contribution in [0.1, 0.15) is 11.1 Å². The predicted octanol–water partition coefficient (Wildman–Crippen LogP) is 1.80. The van der Waals surface area contributed by atoms with Crippen molar-refractivity contribution in [3.8, 4) is 0 Å². The number of halogens is 1. The Morgan fingerprint density at radius 1 is 1.19 bits per heavy atom. The minimum absolute atomic E-state index is 0.0149. The number of rotatable bonds is 4. The Balaban J connectivity index is 2.10. The molecule has 1 aliphatic rings. The van der Waals surface area contributed by atoms with Crippen LogP contribution in [-0.2, 0) is 5.41 Å². The van der Waals surface area contributed by atoms with Gasteiger partial charge in [0.2, 0.25) is 0 Å². The molecule has 1 aromatic carbocycles. The Kier molecular flexibility index (Phi) is 3.66. The van der Waals surface area contributed by atoms with Crippen LogP contribution in [0.25, 0.3) is 0 Å². The van der Waals surface area contributed by atoms with Gasteiger partial charge in [-0.3, -0.25) is 9.99 Å². The minimum atomic E-state index is -0.649. The van der Waals surface area contributed by atoms with Gasteiger partial charge in [0.05, 0.1) is 25.1 Å². The fourth-order valence-corrected chi connectivity index (χ4v) is 2.75. The number of hydrogen-bond acceptors (Lipinski definition) is 4. The normalized spacial score (nSPS) is 21.0. The molecule has 3 rings (SSSR count). The Hall–Kier alpha value is -2.27. The SMILES string of the molecule is OCCN1CC(c2ccncc2)(c2ccccc2F)C=N1. The zero-order chi connectivity index (χ0) is 14.7. The van der Waals surface area contributed by atoms with Gasteiger partial charge in [0.15, 0.2) is 0 Å². The van der Waals surface area contributed by atoms with Gasteiger partial charge in [-0.2, -0.15) is 5.10 Å². The molecule has 0 bridgehead atoms. The van der Waals surface area contributed by atoms with E-state index in [4.69, 9.17) is 5.11 Å². The van der Waals surface area contributed by atoms with E-state index in [1.807, 2.05) is 18.2 Å². The number of β-amino-alcohol motifs (C(OH)–C–C–N with tert-alkyl or cyclic N) is 1. The second-order valence-electron chi connectivity index (χ2n) is 5.04. The van der Waals surface area contributed by atoms with Crippen LogP contribution in [-0.4, -0.2) is 41.0 Å². The number of pyridine rings is 1. The van der Waals surface area contributed by atoms with E-state index in [0.29, 0.717) is 18.7 Å². The number of aliphatic hydroxyl groups excluding tert-OH is 1. The number of hydrogen-bond donors (Lipinski definition) is 1. The molecular formula is C16H16FN3O. The van der Waals surface area contributed by atoms with Crippen LogP contribution in [0.4, 0.5) is 4.39 Å². The third kappa shape index (κ3) is 2.40. The van der Waals surface area contributed by atoms with E-state index in [2.05, 4.69) is 10.1 Å². The number of hydrazone groups is 1. The molecule has 0 aliphatic carbocycles. The lowest BCUT2D eigenvalue weighted by Crippen LogP contribution is -2.37. The molecule has 2 aromatic rings. The summed E-state index contributed by atoms with van der Waals surface area (Å²) in [5.41, 5.74) is 0.871. The molecule has 0 amide bonds. The maximum Gasteiger partial charge on any atom is 0.127 e. The van der Waals surface area contributed by atoms with Gasteiger partial charge in [0.25, 0.3) is 0 Å². The summed E-state index contributed by atoms with van der Waals surface area (Å²) in [7, 11) is 0. The van der Waals surface area contributed by atoms with Crippen LogP contribution < -0.4 is 0 Å². The number of aliphatic hydroxyl groups is 1. The molecule has 1 unspecified atom stereocenters. The van der Waals surface area contributed by atoms with Crippen molar-refractivity contribution in [2.24, 2.45) is 5.10 Å². The Labute approximate surface area is 122 Å². The second kappa shape index (κ2) is 5.61. The Morgan fingerprint density at radius 3 is 2.67 bits per heavy atom. The maximum absolute atomic E-state index is 14.3. The van der Waals surface area contributed by atoms with Crippen LogP contribution in [0.5, 0.6) is 0 Å². The van der Waals surface area contributed by atoms with Crippen molar-refractivity contribution in [1.82, 2.24) is 9.99 Å². The highest BCUT2D eigenvalue weighted by molar-refractivity contribution is 5.81. The van der Waals surface area contributed by atoms with E-state index in [-0.39, 0.29) is 12.4 Å². The molecule has 21 heavy (non-hydrogen) atoms. The Bertz CT molecular complexity index is 647. The van der Waals surface area contributed by atoms with E-state index < -0.39 is 5.41 Å². The number of nitrogens with zero attached hydrogens (tertiary/aromatic N) is 3. The third-order valence-corrected chi connectivity index (χ3v) is 3.78. The molecule has 0 spiro atoms. The van der Waals surface area contributed by atoms with E-state index >= 15 is 0 Å². The first-order valence-corrected chi connectivity index (χ1v) is 6.83. The molecule has 5 heteroatoms. The van der Waals surface area contributed by atoms with E-state index in [0.717, 1.165) is 5.56 Å². The van der Waals surface area contributed by atoms with Gasteiger partial charge in [-0.25, -0.2) is 4.39 Å². The van der Waals surface area contributed by atoms with Gasteiger partial charge >= 0.3 is 0 Å². The molecule has 1 N–H and O–H groups in total. The van der Waals surface area contributed by atoms with Crippen LogP contribution in [0.3, 0.4) is 0 Å². The summed E-state index contributed by atoms with van der Waals surface area (Å²) in [6, 6.07) is 10.5. The zero-order valence-corrected chi connectivity index (χ0v) is 11.5. The molecule has 108 valence electrons. The smallest absolute Gasteiger partial charge is 0.127 e. The van der Waals surface area contributed by atoms with Gasteiger partial charge in [-0.05, 0) is 23.8 Å². The van der Waals surface area contributed by atoms with Gasteiger partial charge in [0.1, 0.15) is 5.82 Å². The first kappa shape index (κ1) is 13.7. The van der Waals surface area contributed by atoms with Crippen LogP contribution >= 0.6 is 0 Å². The lowest BCUT2D eigenvalue weighted by molar-refractivity contribution is 0.204. The first-order valence-electron chi connectivity index (χ1n) is 6.83. The summed E-state index contributed by atoms with van der Waals surface area (Å²) >= 11 is 0. The zero-order valence-electron chi connectivity index (χ0n) is 11.5. The quantitative estimate of drug-likeness (QED) is 0.932. The van der Waals surface area contributed by atoms with Crippen LogP contribution in [0.2, 0.25) is 0 Å². The van der Waals surface area contributed by atoms with Crippen molar-refractivity contribution in [1.29, 1.82) is 0 Å². The van der Waals surface area contributed by atoms with E-state index in [9.17, 15) is 4.39 Å². The van der Waals surface area contributed by atoms with Gasteiger partial charge < -0.3 is 5.11 Å². The summed E-state index contributed by atoms with van der Waals surface area (Å²) in [4.78, 5) is 4.03. The Morgan fingerprint density at radius 2 is 1.95 bits per heavy atom. The predicted molar refractivity (Wildman–Crippen MR) is 78.6 cm³/mol. The van der Waals surface area contributed by atoms with Crippen molar-refractivity contribution in [2.45, 2.75) is 5.41 Å². The molecular weight excluding hydrogens is 269 g/mol. The second-order valence-corrected chi connectivity index (χ2v) is 5.04. The fraction of sp³-hybridized carbons (Fsp3) is 0.250. The molecule has 1 aliphatic heterocycles. The highest BCUT2D eigenvalue weighted by atomic mass is 19.1.